The van der Waals surface area contributed by atoms with E-state index in [0.717, 1.165) is 13.1 Å². The predicted molar refractivity (Wildman–Crippen MR) is 86.2 cm³/mol. The summed E-state index contributed by atoms with van der Waals surface area (Å²) >= 11 is 0. The summed E-state index contributed by atoms with van der Waals surface area (Å²) in [6, 6.07) is 4.41. The number of nitro groups is 1. The zero-order valence-electron chi connectivity index (χ0n) is 13.2. The molecule has 2 aromatic heterocycles. The van der Waals surface area contributed by atoms with Crippen molar-refractivity contribution in [3.8, 4) is 11.5 Å². The molecule has 0 unspecified atom stereocenters. The molecule has 0 spiro atoms. The monoisotopic (exact) mass is 318 g/mol. The van der Waals surface area contributed by atoms with E-state index in [2.05, 4.69) is 20.5 Å². The highest BCUT2D eigenvalue weighted by Crippen LogP contribution is 2.25. The van der Waals surface area contributed by atoms with Gasteiger partial charge in [0, 0.05) is 19.2 Å². The Morgan fingerprint density at radius 3 is 2.74 bits per heavy atom. The highest BCUT2D eigenvalue weighted by Gasteiger charge is 2.15. The first-order chi connectivity index (χ1) is 11.0. The van der Waals surface area contributed by atoms with E-state index >= 15 is 0 Å². The van der Waals surface area contributed by atoms with Gasteiger partial charge in [-0.05, 0) is 26.8 Å². The van der Waals surface area contributed by atoms with Gasteiger partial charge in [0.15, 0.2) is 11.6 Å². The second-order valence-electron chi connectivity index (χ2n) is 4.66. The van der Waals surface area contributed by atoms with E-state index in [0.29, 0.717) is 23.1 Å². The molecule has 2 heterocycles. The SMILES string of the molecule is CCN(C=NNc1cc(-c2ccc([N+](=O)[O-])o2)nc(C)n1)CC. The summed E-state index contributed by atoms with van der Waals surface area (Å²) in [6.45, 7) is 7.50. The molecular weight excluding hydrogens is 300 g/mol. The number of nitrogens with zero attached hydrogens (tertiary/aromatic N) is 5. The molecule has 1 N–H and O–H groups in total. The third kappa shape index (κ3) is 4.25. The molecule has 0 aliphatic heterocycles. The van der Waals surface area contributed by atoms with Crippen LogP contribution in [0.2, 0.25) is 0 Å². The molecule has 122 valence electrons. The summed E-state index contributed by atoms with van der Waals surface area (Å²) in [5, 5.41) is 14.8. The Morgan fingerprint density at radius 2 is 2.13 bits per heavy atom. The summed E-state index contributed by atoms with van der Waals surface area (Å²) in [5.74, 6) is 0.959. The molecule has 0 aromatic carbocycles. The van der Waals surface area contributed by atoms with Gasteiger partial charge in [-0.25, -0.2) is 9.97 Å². The van der Waals surface area contributed by atoms with Crippen molar-refractivity contribution < 1.29 is 9.34 Å². The quantitative estimate of drug-likeness (QED) is 0.361. The zero-order valence-corrected chi connectivity index (χ0v) is 13.2. The minimum absolute atomic E-state index is 0.304. The van der Waals surface area contributed by atoms with Crippen LogP contribution >= 0.6 is 0 Å². The van der Waals surface area contributed by atoms with E-state index in [1.165, 1.54) is 12.1 Å². The summed E-state index contributed by atoms with van der Waals surface area (Å²) in [7, 11) is 0. The van der Waals surface area contributed by atoms with Crippen LogP contribution in [0.3, 0.4) is 0 Å². The molecule has 23 heavy (non-hydrogen) atoms. The van der Waals surface area contributed by atoms with Crippen molar-refractivity contribution in [2.75, 3.05) is 18.5 Å². The number of aromatic nitrogens is 2. The van der Waals surface area contributed by atoms with Crippen molar-refractivity contribution in [1.29, 1.82) is 0 Å². The standard InChI is InChI=1S/C14H18N6O3/c1-4-19(5-2)9-15-18-13-8-11(16-10(3)17-13)12-6-7-14(23-12)20(21)22/h6-9H,4-5H2,1-3H3,(H,16,17,18). The third-order valence-electron chi connectivity index (χ3n) is 3.07. The minimum Gasteiger partial charge on any atom is -0.399 e. The first-order valence-corrected chi connectivity index (χ1v) is 7.17. The van der Waals surface area contributed by atoms with Crippen LogP contribution in [-0.4, -0.2) is 39.2 Å². The van der Waals surface area contributed by atoms with Gasteiger partial charge in [0.25, 0.3) is 0 Å². The Morgan fingerprint density at radius 1 is 1.39 bits per heavy atom. The maximum absolute atomic E-state index is 10.7. The summed E-state index contributed by atoms with van der Waals surface area (Å²) in [6.07, 6.45) is 1.69. The Kier molecular flexibility index (Phi) is 5.23. The molecule has 9 nitrogen and oxygen atoms in total. The number of nitrogens with one attached hydrogen (secondary N) is 1. The van der Waals surface area contributed by atoms with Crippen molar-refractivity contribution in [2.45, 2.75) is 20.8 Å². The normalized spacial score (nSPS) is 10.9. The third-order valence-corrected chi connectivity index (χ3v) is 3.07. The molecule has 0 atom stereocenters. The van der Waals surface area contributed by atoms with Crippen LogP contribution < -0.4 is 5.43 Å². The fourth-order valence-corrected chi connectivity index (χ4v) is 1.88. The first-order valence-electron chi connectivity index (χ1n) is 7.17. The van der Waals surface area contributed by atoms with E-state index < -0.39 is 4.92 Å². The van der Waals surface area contributed by atoms with Crippen LogP contribution in [0.15, 0.2) is 27.7 Å². The molecule has 0 fully saturated rings. The summed E-state index contributed by atoms with van der Waals surface area (Å²) < 4.78 is 5.15. The van der Waals surface area contributed by atoms with Gasteiger partial charge < -0.3 is 9.32 Å². The summed E-state index contributed by atoms with van der Waals surface area (Å²) in [5.41, 5.74) is 3.28. The van der Waals surface area contributed by atoms with E-state index in [1.807, 2.05) is 18.7 Å². The van der Waals surface area contributed by atoms with Gasteiger partial charge in [0.05, 0.1) is 6.07 Å². The van der Waals surface area contributed by atoms with Gasteiger partial charge in [-0.2, -0.15) is 5.10 Å². The number of aryl methyl sites for hydroxylation is 1. The van der Waals surface area contributed by atoms with Crippen LogP contribution in [0.1, 0.15) is 19.7 Å². The Bertz CT molecular complexity index is 708. The number of rotatable bonds is 7. The van der Waals surface area contributed by atoms with Gasteiger partial charge in [-0.15, -0.1) is 0 Å². The minimum atomic E-state index is -0.592. The maximum atomic E-state index is 10.7. The molecule has 0 aliphatic carbocycles. The average Bonchev–Trinajstić information content (AvgIpc) is 3.01. The fourth-order valence-electron chi connectivity index (χ4n) is 1.88. The van der Waals surface area contributed by atoms with Crippen molar-refractivity contribution in [3.05, 3.63) is 34.1 Å². The molecule has 0 saturated carbocycles. The zero-order chi connectivity index (χ0) is 16.8. The second-order valence-corrected chi connectivity index (χ2v) is 4.66. The molecule has 0 amide bonds. The predicted octanol–water partition coefficient (Wildman–Crippen LogP) is 2.65. The molecule has 2 rings (SSSR count). The number of hydrogen-bond acceptors (Lipinski definition) is 7. The lowest BCUT2D eigenvalue weighted by Crippen LogP contribution is -2.21. The highest BCUT2D eigenvalue weighted by atomic mass is 16.6. The van der Waals surface area contributed by atoms with Crippen LogP contribution in [0.25, 0.3) is 11.5 Å². The van der Waals surface area contributed by atoms with Crippen LogP contribution in [0.5, 0.6) is 0 Å². The van der Waals surface area contributed by atoms with Crippen molar-refractivity contribution >= 4 is 18.0 Å². The Balaban J connectivity index is 2.19. The lowest BCUT2D eigenvalue weighted by atomic mass is 10.3. The highest BCUT2D eigenvalue weighted by molar-refractivity contribution is 5.60. The average molecular weight is 318 g/mol. The van der Waals surface area contributed by atoms with Crippen molar-refractivity contribution in [2.24, 2.45) is 5.10 Å². The molecular formula is C14H18N6O3. The number of hydrazone groups is 1. The maximum Gasteiger partial charge on any atom is 0.433 e. The van der Waals surface area contributed by atoms with E-state index in [9.17, 15) is 10.1 Å². The van der Waals surface area contributed by atoms with Crippen molar-refractivity contribution in [3.63, 3.8) is 0 Å². The van der Waals surface area contributed by atoms with Gasteiger partial charge in [0.2, 0.25) is 0 Å². The fraction of sp³-hybridized carbons (Fsp3) is 0.357. The molecule has 2 aromatic rings. The van der Waals surface area contributed by atoms with E-state index in [1.54, 1.807) is 19.3 Å². The van der Waals surface area contributed by atoms with Gasteiger partial charge in [0.1, 0.15) is 22.8 Å². The van der Waals surface area contributed by atoms with Crippen LogP contribution in [0, 0.1) is 17.0 Å². The molecule has 9 heteroatoms. The number of furan rings is 1. The first kappa shape index (κ1) is 16.4. The lowest BCUT2D eigenvalue weighted by molar-refractivity contribution is -0.401. The van der Waals surface area contributed by atoms with E-state index in [-0.39, 0.29) is 5.88 Å². The topological polar surface area (TPSA) is 110 Å². The molecule has 0 radical (unpaired) electrons. The van der Waals surface area contributed by atoms with Crippen LogP contribution in [-0.2, 0) is 0 Å². The van der Waals surface area contributed by atoms with Crippen molar-refractivity contribution in [1.82, 2.24) is 14.9 Å². The van der Waals surface area contributed by atoms with Gasteiger partial charge in [-0.3, -0.25) is 15.5 Å². The molecule has 0 bridgehead atoms. The van der Waals surface area contributed by atoms with Crippen LogP contribution in [0.4, 0.5) is 11.7 Å². The number of hydrogen-bond donors (Lipinski definition) is 1. The number of anilines is 1. The second kappa shape index (κ2) is 7.34. The molecule has 0 aliphatic rings. The lowest BCUT2D eigenvalue weighted by Gasteiger charge is -2.13. The Hall–Kier alpha value is -2.97. The smallest absolute Gasteiger partial charge is 0.399 e. The largest absolute Gasteiger partial charge is 0.433 e. The van der Waals surface area contributed by atoms with Gasteiger partial charge in [-0.1, -0.05) is 0 Å². The Labute approximate surface area is 133 Å². The van der Waals surface area contributed by atoms with E-state index in [4.69, 9.17) is 4.42 Å². The summed E-state index contributed by atoms with van der Waals surface area (Å²) in [4.78, 5) is 20.5. The van der Waals surface area contributed by atoms with Gasteiger partial charge >= 0.3 is 5.88 Å². The molecule has 0 saturated heterocycles.